The van der Waals surface area contributed by atoms with Gasteiger partial charge in [0.2, 0.25) is 0 Å². The van der Waals surface area contributed by atoms with Crippen LogP contribution < -0.4 is 4.74 Å². The average molecular weight is 357 g/mol. The molecule has 26 heavy (non-hydrogen) atoms. The van der Waals surface area contributed by atoms with E-state index < -0.39 is 6.10 Å². The highest BCUT2D eigenvalue weighted by atomic mass is 16.5. The first-order chi connectivity index (χ1) is 12.4. The Morgan fingerprint density at radius 2 is 2.15 bits per heavy atom. The van der Waals surface area contributed by atoms with Gasteiger partial charge >= 0.3 is 0 Å². The van der Waals surface area contributed by atoms with Crippen LogP contribution in [0.25, 0.3) is 0 Å². The highest BCUT2D eigenvalue weighted by molar-refractivity contribution is 5.94. The van der Waals surface area contributed by atoms with Crippen molar-refractivity contribution in [3.63, 3.8) is 0 Å². The molecule has 1 N–H and O–H groups in total. The fourth-order valence-corrected chi connectivity index (χ4v) is 3.14. The van der Waals surface area contributed by atoms with Gasteiger partial charge in [0.15, 0.2) is 5.78 Å². The number of likely N-dealkylation sites (N-methyl/N-ethyl adjacent to an activating group) is 1. The number of hydrogen-bond donors (Lipinski definition) is 1. The minimum absolute atomic E-state index is 0.00543. The van der Waals surface area contributed by atoms with Crippen molar-refractivity contribution in [2.45, 2.75) is 38.8 Å². The van der Waals surface area contributed by atoms with Gasteiger partial charge in [0.25, 0.3) is 0 Å². The van der Waals surface area contributed by atoms with Gasteiger partial charge in [0.05, 0.1) is 6.54 Å². The molecule has 3 rings (SSSR count). The first-order valence-electron chi connectivity index (χ1n) is 9.11. The molecule has 3 atom stereocenters. The number of aliphatic hydroxyl groups is 1. The van der Waals surface area contributed by atoms with Gasteiger partial charge in [-0.3, -0.25) is 9.69 Å². The maximum atomic E-state index is 11.4. The first-order valence-corrected chi connectivity index (χ1v) is 9.11. The van der Waals surface area contributed by atoms with Gasteiger partial charge in [-0.1, -0.05) is 19.1 Å². The lowest BCUT2D eigenvalue weighted by atomic mass is 10.1. The van der Waals surface area contributed by atoms with Crippen LogP contribution in [0.15, 0.2) is 40.8 Å². The molecule has 5 nitrogen and oxygen atoms in total. The number of aliphatic hydroxyl groups excluding tert-OH is 1. The van der Waals surface area contributed by atoms with Gasteiger partial charge in [-0.15, -0.1) is 0 Å². The second-order valence-electron chi connectivity index (χ2n) is 7.37. The number of Topliss-reactive ketones (excluding diaryl/α,β-unsaturated/α-hetero) is 1. The number of carbonyl (C=O) groups is 1. The average Bonchev–Trinajstić information content (AvgIpc) is 3.15. The summed E-state index contributed by atoms with van der Waals surface area (Å²) in [4.78, 5) is 13.4. The zero-order valence-corrected chi connectivity index (χ0v) is 15.6. The molecule has 1 aliphatic carbocycles. The number of carbonyl (C=O) groups excluding carboxylic acids is 1. The Labute approximate surface area is 154 Å². The number of ether oxygens (including phenoxy) is 1. The van der Waals surface area contributed by atoms with Crippen molar-refractivity contribution >= 4 is 5.78 Å². The third-order valence-electron chi connectivity index (χ3n) is 4.79. The lowest BCUT2D eigenvalue weighted by Gasteiger charge is -2.20. The van der Waals surface area contributed by atoms with Crippen molar-refractivity contribution < 1.29 is 19.1 Å². The lowest BCUT2D eigenvalue weighted by molar-refractivity contribution is 0.0724. The first kappa shape index (κ1) is 18.7. The summed E-state index contributed by atoms with van der Waals surface area (Å²) in [7, 11) is 1.95. The Morgan fingerprint density at radius 1 is 1.38 bits per heavy atom. The summed E-state index contributed by atoms with van der Waals surface area (Å²) < 4.78 is 11.5. The standard InChI is InChI=1S/C21H27NO4/c1-14-9-20(14)21-8-7-19(26-21)12-22(3)11-17(24)13-25-18-6-4-5-16(10-18)15(2)23/h4-8,10,14,17,20,24H,9,11-13H2,1-3H3/t14-,17+,20-/m0/s1. The van der Waals surface area contributed by atoms with Gasteiger partial charge in [-0.05, 0) is 50.6 Å². The highest BCUT2D eigenvalue weighted by Crippen LogP contribution is 2.47. The second-order valence-corrected chi connectivity index (χ2v) is 7.37. The molecule has 1 aliphatic rings. The number of nitrogens with zero attached hydrogens (tertiary/aromatic N) is 1. The van der Waals surface area contributed by atoms with Crippen LogP contribution in [0.3, 0.4) is 0 Å². The third-order valence-corrected chi connectivity index (χ3v) is 4.79. The number of furan rings is 1. The van der Waals surface area contributed by atoms with Gasteiger partial charge in [0.1, 0.15) is 30.0 Å². The van der Waals surface area contributed by atoms with Gasteiger partial charge < -0.3 is 14.3 Å². The minimum atomic E-state index is -0.626. The zero-order valence-electron chi connectivity index (χ0n) is 15.6. The molecule has 0 saturated heterocycles. The summed E-state index contributed by atoms with van der Waals surface area (Å²) in [6, 6.07) is 11.1. The van der Waals surface area contributed by atoms with Crippen LogP contribution in [0.4, 0.5) is 0 Å². The molecule has 1 aromatic carbocycles. The van der Waals surface area contributed by atoms with E-state index in [2.05, 4.69) is 13.0 Å². The molecule has 1 heterocycles. The van der Waals surface area contributed by atoms with E-state index in [1.165, 1.54) is 13.3 Å². The zero-order chi connectivity index (χ0) is 18.7. The van der Waals surface area contributed by atoms with Crippen molar-refractivity contribution in [2.24, 2.45) is 5.92 Å². The molecular weight excluding hydrogens is 330 g/mol. The van der Waals surface area contributed by atoms with E-state index in [4.69, 9.17) is 9.15 Å². The van der Waals surface area contributed by atoms with E-state index in [9.17, 15) is 9.90 Å². The van der Waals surface area contributed by atoms with Crippen LogP contribution in [-0.2, 0) is 6.54 Å². The molecule has 0 aliphatic heterocycles. The predicted molar refractivity (Wildman–Crippen MR) is 99.5 cm³/mol. The van der Waals surface area contributed by atoms with Crippen LogP contribution in [0.2, 0.25) is 0 Å². The number of hydrogen-bond acceptors (Lipinski definition) is 5. The van der Waals surface area contributed by atoms with E-state index in [-0.39, 0.29) is 12.4 Å². The van der Waals surface area contributed by atoms with Crippen molar-refractivity contribution in [2.75, 3.05) is 20.2 Å². The summed E-state index contributed by atoms with van der Waals surface area (Å²) in [5, 5.41) is 10.2. The summed E-state index contributed by atoms with van der Waals surface area (Å²) in [5.74, 6) is 3.90. The highest BCUT2D eigenvalue weighted by Gasteiger charge is 2.36. The number of benzene rings is 1. The second kappa shape index (κ2) is 8.06. The van der Waals surface area contributed by atoms with Crippen molar-refractivity contribution in [3.05, 3.63) is 53.5 Å². The largest absolute Gasteiger partial charge is 0.491 e. The van der Waals surface area contributed by atoms with Crippen molar-refractivity contribution in [1.29, 1.82) is 0 Å². The summed E-state index contributed by atoms with van der Waals surface area (Å²) in [6.07, 6.45) is 0.586. The van der Waals surface area contributed by atoms with Crippen LogP contribution in [0.5, 0.6) is 5.75 Å². The smallest absolute Gasteiger partial charge is 0.159 e. The molecule has 2 aromatic rings. The maximum Gasteiger partial charge on any atom is 0.159 e. The number of ketones is 1. The van der Waals surface area contributed by atoms with Gasteiger partial charge in [-0.25, -0.2) is 0 Å². The maximum absolute atomic E-state index is 11.4. The van der Waals surface area contributed by atoms with E-state index >= 15 is 0 Å². The molecule has 1 fully saturated rings. The molecule has 1 saturated carbocycles. The van der Waals surface area contributed by atoms with E-state index in [0.29, 0.717) is 30.3 Å². The predicted octanol–water partition coefficient (Wildman–Crippen LogP) is 3.48. The van der Waals surface area contributed by atoms with E-state index in [1.807, 2.05) is 18.0 Å². The van der Waals surface area contributed by atoms with Gasteiger partial charge in [-0.2, -0.15) is 0 Å². The Kier molecular flexibility index (Phi) is 5.79. The monoisotopic (exact) mass is 357 g/mol. The fraction of sp³-hybridized carbons (Fsp3) is 0.476. The Morgan fingerprint density at radius 3 is 2.85 bits per heavy atom. The summed E-state index contributed by atoms with van der Waals surface area (Å²) >= 11 is 0. The van der Waals surface area contributed by atoms with Crippen molar-refractivity contribution in [3.8, 4) is 5.75 Å². The molecule has 0 amide bonds. The van der Waals surface area contributed by atoms with Gasteiger partial charge in [0, 0.05) is 18.0 Å². The Hall–Kier alpha value is -2.11. The molecule has 0 bridgehead atoms. The molecule has 0 radical (unpaired) electrons. The molecule has 5 heteroatoms. The Balaban J connectivity index is 1.44. The Bertz CT molecular complexity index is 754. The molecular formula is C21H27NO4. The van der Waals surface area contributed by atoms with Crippen LogP contribution >= 0.6 is 0 Å². The topological polar surface area (TPSA) is 62.9 Å². The lowest BCUT2D eigenvalue weighted by Crippen LogP contribution is -2.32. The number of rotatable bonds is 9. The fourth-order valence-electron chi connectivity index (χ4n) is 3.14. The van der Waals surface area contributed by atoms with E-state index in [0.717, 1.165) is 17.4 Å². The molecule has 0 spiro atoms. The van der Waals surface area contributed by atoms with Crippen molar-refractivity contribution in [1.82, 2.24) is 4.90 Å². The quantitative estimate of drug-likeness (QED) is 0.696. The normalized spacial score (nSPS) is 20.2. The van der Waals surface area contributed by atoms with Crippen LogP contribution in [0, 0.1) is 5.92 Å². The molecule has 1 aromatic heterocycles. The molecule has 0 unspecified atom stereocenters. The van der Waals surface area contributed by atoms with Crippen LogP contribution in [-0.4, -0.2) is 42.1 Å². The third kappa shape index (κ3) is 4.96. The van der Waals surface area contributed by atoms with Crippen LogP contribution in [0.1, 0.15) is 48.1 Å². The summed E-state index contributed by atoms with van der Waals surface area (Å²) in [5.41, 5.74) is 0.604. The molecule has 140 valence electrons. The minimum Gasteiger partial charge on any atom is -0.491 e. The SMILES string of the molecule is CC(=O)c1cccc(OC[C@H](O)CN(C)Cc2ccc([C@H]3C[C@@H]3C)o2)c1. The van der Waals surface area contributed by atoms with E-state index in [1.54, 1.807) is 24.3 Å². The summed E-state index contributed by atoms with van der Waals surface area (Å²) in [6.45, 7) is 5.06.